The van der Waals surface area contributed by atoms with Crippen molar-refractivity contribution in [2.75, 3.05) is 13.2 Å². The van der Waals surface area contributed by atoms with Gasteiger partial charge in [-0.05, 0) is 44.9 Å². The molecule has 0 amide bonds. The highest BCUT2D eigenvalue weighted by atomic mass is 16.5. The van der Waals surface area contributed by atoms with Gasteiger partial charge in [0.2, 0.25) is 5.89 Å². The first-order valence-corrected chi connectivity index (χ1v) is 9.51. The van der Waals surface area contributed by atoms with Gasteiger partial charge in [0.1, 0.15) is 6.54 Å². The summed E-state index contributed by atoms with van der Waals surface area (Å²) in [5.74, 6) is 2.73. The van der Waals surface area contributed by atoms with Crippen molar-refractivity contribution in [1.82, 2.24) is 20.8 Å². The molecule has 2 N–H and O–H groups in total. The Morgan fingerprint density at radius 3 is 2.84 bits per heavy atom. The highest BCUT2D eigenvalue weighted by Gasteiger charge is 2.28. The molecule has 136 valence electrons. The molecule has 1 aliphatic heterocycles. The Kier molecular flexibility index (Phi) is 5.30. The summed E-state index contributed by atoms with van der Waals surface area (Å²) in [7, 11) is 0. The van der Waals surface area contributed by atoms with Gasteiger partial charge in [-0.1, -0.05) is 17.3 Å². The molecule has 0 bridgehead atoms. The lowest BCUT2D eigenvalue weighted by atomic mass is 10.1. The Hall–Kier alpha value is -1.89. The van der Waals surface area contributed by atoms with Crippen molar-refractivity contribution in [2.24, 2.45) is 4.99 Å². The maximum atomic E-state index is 5.80. The van der Waals surface area contributed by atoms with Gasteiger partial charge < -0.3 is 19.9 Å². The van der Waals surface area contributed by atoms with Crippen molar-refractivity contribution >= 4 is 5.96 Å². The van der Waals surface area contributed by atoms with Gasteiger partial charge in [0.15, 0.2) is 11.8 Å². The maximum Gasteiger partial charge on any atom is 0.248 e. The maximum absolute atomic E-state index is 5.80. The second-order valence-electron chi connectivity index (χ2n) is 7.14. The molecule has 0 unspecified atom stereocenters. The molecule has 0 aromatic carbocycles. The summed E-state index contributed by atoms with van der Waals surface area (Å²) < 4.78 is 11.1. The van der Waals surface area contributed by atoms with Crippen LogP contribution in [0.3, 0.4) is 0 Å². The Labute approximate surface area is 148 Å². The predicted molar refractivity (Wildman–Crippen MR) is 94.3 cm³/mol. The Morgan fingerprint density at radius 1 is 1.20 bits per heavy atom. The average Bonchev–Trinajstić information content (AvgIpc) is 3.17. The van der Waals surface area contributed by atoms with Gasteiger partial charge in [-0.25, -0.2) is 4.99 Å². The Bertz CT molecular complexity index is 609. The zero-order valence-electron chi connectivity index (χ0n) is 14.6. The third-order valence-electron chi connectivity index (χ3n) is 4.92. The van der Waals surface area contributed by atoms with Crippen LogP contribution in [0, 0.1) is 0 Å². The van der Waals surface area contributed by atoms with E-state index in [-0.39, 0.29) is 6.10 Å². The van der Waals surface area contributed by atoms with Gasteiger partial charge >= 0.3 is 0 Å². The molecule has 2 fully saturated rings. The highest BCUT2D eigenvalue weighted by Crippen LogP contribution is 2.38. The fourth-order valence-electron chi connectivity index (χ4n) is 3.25. The van der Waals surface area contributed by atoms with Crippen LogP contribution in [0.25, 0.3) is 0 Å². The molecular formula is C18H27N5O2. The second-order valence-corrected chi connectivity index (χ2v) is 7.14. The molecular weight excluding hydrogens is 318 g/mol. The van der Waals surface area contributed by atoms with E-state index in [9.17, 15) is 0 Å². The summed E-state index contributed by atoms with van der Waals surface area (Å²) in [6.45, 7) is 2.05. The summed E-state index contributed by atoms with van der Waals surface area (Å²) in [5, 5.41) is 11.0. The topological polar surface area (TPSA) is 84.6 Å². The molecule has 0 radical (unpaired) electrons. The quantitative estimate of drug-likeness (QED) is 0.467. The lowest BCUT2D eigenvalue weighted by molar-refractivity contribution is 0.0194. The minimum absolute atomic E-state index is 0.271. The molecule has 4 rings (SSSR count). The number of nitrogens with zero attached hydrogens (tertiary/aromatic N) is 3. The average molecular weight is 345 g/mol. The molecule has 1 saturated carbocycles. The molecule has 1 saturated heterocycles. The van der Waals surface area contributed by atoms with Crippen LogP contribution in [0.5, 0.6) is 0 Å². The van der Waals surface area contributed by atoms with Gasteiger partial charge in [0.05, 0.1) is 6.10 Å². The standard InChI is InChI=1S/C18H27N5O2/c1-2-6-14(5-1)21-18(19-11-15-7-3-4-10-24-15)20-12-16-22-17(23-25-16)13-8-9-13/h1-2,13-15H,3-12H2,(H2,19,20,21)/t15-/m0/s1. The van der Waals surface area contributed by atoms with E-state index in [0.29, 0.717) is 24.4 Å². The third kappa shape index (κ3) is 4.81. The minimum atomic E-state index is 0.271. The molecule has 1 atom stereocenters. The first kappa shape index (κ1) is 16.6. The summed E-state index contributed by atoms with van der Waals surface area (Å²) in [6, 6.07) is 0.406. The van der Waals surface area contributed by atoms with Gasteiger partial charge in [-0.15, -0.1) is 0 Å². The SMILES string of the molecule is C1=CCC(NC(=NCc2nc(C3CC3)no2)NC[C@@H]2CCCCO2)C1. The van der Waals surface area contributed by atoms with Crippen LogP contribution in [0.4, 0.5) is 0 Å². The number of aromatic nitrogens is 2. The normalized spacial score (nSPS) is 24.6. The van der Waals surface area contributed by atoms with Crippen LogP contribution in [0.1, 0.15) is 62.6 Å². The molecule has 3 aliphatic rings. The van der Waals surface area contributed by atoms with E-state index in [1.165, 1.54) is 25.7 Å². The first-order valence-electron chi connectivity index (χ1n) is 9.51. The molecule has 2 heterocycles. The minimum Gasteiger partial charge on any atom is -0.376 e. The van der Waals surface area contributed by atoms with Crippen LogP contribution in [0.2, 0.25) is 0 Å². The van der Waals surface area contributed by atoms with Crippen LogP contribution >= 0.6 is 0 Å². The van der Waals surface area contributed by atoms with Gasteiger partial charge in [-0.2, -0.15) is 4.98 Å². The fraction of sp³-hybridized carbons (Fsp3) is 0.722. The molecule has 7 heteroatoms. The Balaban J connectivity index is 1.34. The molecule has 2 aliphatic carbocycles. The highest BCUT2D eigenvalue weighted by molar-refractivity contribution is 5.80. The van der Waals surface area contributed by atoms with E-state index < -0.39 is 0 Å². The second kappa shape index (κ2) is 7.99. The summed E-state index contributed by atoms with van der Waals surface area (Å²) in [5.41, 5.74) is 0. The molecule has 25 heavy (non-hydrogen) atoms. The number of hydrogen-bond donors (Lipinski definition) is 2. The van der Waals surface area contributed by atoms with Crippen LogP contribution < -0.4 is 10.6 Å². The van der Waals surface area contributed by atoms with Gasteiger partial charge in [0.25, 0.3) is 0 Å². The van der Waals surface area contributed by atoms with E-state index in [1.807, 2.05) is 0 Å². The van der Waals surface area contributed by atoms with Crippen molar-refractivity contribution < 1.29 is 9.26 Å². The van der Waals surface area contributed by atoms with E-state index in [2.05, 4.69) is 37.9 Å². The summed E-state index contributed by atoms with van der Waals surface area (Å²) >= 11 is 0. The third-order valence-corrected chi connectivity index (χ3v) is 4.92. The van der Waals surface area contributed by atoms with Crippen molar-refractivity contribution in [3.05, 3.63) is 23.9 Å². The van der Waals surface area contributed by atoms with Crippen LogP contribution in [-0.4, -0.2) is 41.4 Å². The first-order chi connectivity index (χ1) is 12.4. The molecule has 1 aromatic heterocycles. The van der Waals surface area contributed by atoms with Crippen molar-refractivity contribution in [3.8, 4) is 0 Å². The van der Waals surface area contributed by atoms with E-state index >= 15 is 0 Å². The predicted octanol–water partition coefficient (Wildman–Crippen LogP) is 2.27. The zero-order chi connectivity index (χ0) is 16.9. The summed E-state index contributed by atoms with van der Waals surface area (Å²) in [6.07, 6.45) is 12.6. The number of ether oxygens (including phenoxy) is 1. The lowest BCUT2D eigenvalue weighted by Gasteiger charge is -2.24. The molecule has 0 spiro atoms. The van der Waals surface area contributed by atoms with Crippen molar-refractivity contribution in [3.63, 3.8) is 0 Å². The molecule has 7 nitrogen and oxygen atoms in total. The van der Waals surface area contributed by atoms with E-state index in [4.69, 9.17) is 9.26 Å². The number of hydrogen-bond acceptors (Lipinski definition) is 5. The van der Waals surface area contributed by atoms with Crippen LogP contribution in [0.15, 0.2) is 21.7 Å². The largest absolute Gasteiger partial charge is 0.376 e. The number of guanidine groups is 1. The monoisotopic (exact) mass is 345 g/mol. The zero-order valence-corrected chi connectivity index (χ0v) is 14.6. The number of rotatable bonds is 6. The van der Waals surface area contributed by atoms with E-state index in [1.54, 1.807) is 0 Å². The Morgan fingerprint density at radius 2 is 2.08 bits per heavy atom. The van der Waals surface area contributed by atoms with E-state index in [0.717, 1.165) is 44.2 Å². The van der Waals surface area contributed by atoms with Crippen LogP contribution in [-0.2, 0) is 11.3 Å². The van der Waals surface area contributed by atoms with Crippen molar-refractivity contribution in [1.29, 1.82) is 0 Å². The fourth-order valence-corrected chi connectivity index (χ4v) is 3.25. The van der Waals surface area contributed by atoms with Gasteiger partial charge in [0, 0.05) is 25.1 Å². The number of nitrogens with one attached hydrogen (secondary N) is 2. The molecule has 1 aromatic rings. The van der Waals surface area contributed by atoms with Crippen molar-refractivity contribution in [2.45, 2.75) is 69.6 Å². The van der Waals surface area contributed by atoms with Gasteiger partial charge in [-0.3, -0.25) is 0 Å². The summed E-state index contributed by atoms with van der Waals surface area (Å²) in [4.78, 5) is 9.10. The lowest BCUT2D eigenvalue weighted by Crippen LogP contribution is -2.46. The number of aliphatic imine (C=N–C) groups is 1. The smallest absolute Gasteiger partial charge is 0.248 e.